The van der Waals surface area contributed by atoms with Crippen molar-refractivity contribution in [2.45, 2.75) is 19.9 Å². The maximum atomic E-state index is 12.6. The summed E-state index contributed by atoms with van der Waals surface area (Å²) in [6.45, 7) is 3.70. The van der Waals surface area contributed by atoms with Crippen LogP contribution in [0.2, 0.25) is 0 Å². The normalized spacial score (nSPS) is 11.4. The van der Waals surface area contributed by atoms with Gasteiger partial charge in [-0.1, -0.05) is 32.0 Å². The molecule has 4 amide bonds. The van der Waals surface area contributed by atoms with E-state index >= 15 is 0 Å². The molecule has 0 fully saturated rings. The fraction of sp³-hybridized carbons (Fsp3) is 0.250. The summed E-state index contributed by atoms with van der Waals surface area (Å²) >= 11 is 0. The number of amides is 4. The Balaban J connectivity index is 1.99. The van der Waals surface area contributed by atoms with Crippen LogP contribution in [0.15, 0.2) is 54.6 Å². The molecular weight excluding hydrogens is 344 g/mol. The molecule has 0 radical (unpaired) electrons. The number of anilines is 2. The average molecular weight is 368 g/mol. The van der Waals surface area contributed by atoms with Crippen LogP contribution in [0.3, 0.4) is 0 Å². The number of hydrogen-bond acceptors (Lipinski definition) is 3. The van der Waals surface area contributed by atoms with Crippen molar-refractivity contribution in [3.05, 3.63) is 60.2 Å². The molecule has 0 bridgehead atoms. The molecule has 4 N–H and O–H groups in total. The first-order valence-electron chi connectivity index (χ1n) is 8.66. The maximum absolute atomic E-state index is 12.6. The van der Waals surface area contributed by atoms with Gasteiger partial charge in [-0.2, -0.15) is 0 Å². The largest absolute Gasteiger partial charge is 0.355 e. The summed E-state index contributed by atoms with van der Waals surface area (Å²) in [5, 5.41) is 10.7. The molecule has 1 unspecified atom stereocenters. The first kappa shape index (κ1) is 20.0. The number of hydrogen-bond donors (Lipinski definition) is 4. The van der Waals surface area contributed by atoms with Crippen molar-refractivity contribution in [3.8, 4) is 0 Å². The predicted octanol–water partition coefficient (Wildman–Crippen LogP) is 2.83. The van der Waals surface area contributed by atoms with E-state index in [1.807, 2.05) is 32.0 Å². The first-order chi connectivity index (χ1) is 12.9. The Labute approximate surface area is 158 Å². The van der Waals surface area contributed by atoms with E-state index in [-0.39, 0.29) is 17.7 Å². The van der Waals surface area contributed by atoms with Gasteiger partial charge in [0, 0.05) is 24.0 Å². The third-order valence-corrected chi connectivity index (χ3v) is 3.91. The highest BCUT2D eigenvalue weighted by Crippen LogP contribution is 2.12. The monoisotopic (exact) mass is 368 g/mol. The summed E-state index contributed by atoms with van der Waals surface area (Å²) in [4.78, 5) is 36.3. The fourth-order valence-corrected chi connectivity index (χ4v) is 2.43. The second-order valence-corrected chi connectivity index (χ2v) is 6.33. The molecule has 0 saturated carbocycles. The van der Waals surface area contributed by atoms with Crippen molar-refractivity contribution in [1.29, 1.82) is 0 Å². The highest BCUT2D eigenvalue weighted by atomic mass is 16.2. The number of rotatable bonds is 6. The van der Waals surface area contributed by atoms with Crippen LogP contribution >= 0.6 is 0 Å². The summed E-state index contributed by atoms with van der Waals surface area (Å²) in [5.41, 5.74) is 1.68. The maximum Gasteiger partial charge on any atom is 0.319 e. The van der Waals surface area contributed by atoms with Crippen molar-refractivity contribution in [2.24, 2.45) is 5.92 Å². The summed E-state index contributed by atoms with van der Waals surface area (Å²) in [6.07, 6.45) is 0. The standard InChI is InChI=1S/C20H24N4O3/c1-13(2)17(24-20(27)23-15-7-5-4-6-8-15)19(26)22-16-11-9-14(10-12-16)18(25)21-3/h4-13,17H,1-3H3,(H,21,25)(H,22,26)(H2,23,24,27). The molecule has 0 aliphatic carbocycles. The minimum atomic E-state index is -0.715. The molecule has 7 heteroatoms. The lowest BCUT2D eigenvalue weighted by Crippen LogP contribution is -2.48. The van der Waals surface area contributed by atoms with Crippen LogP contribution in [-0.2, 0) is 4.79 Å². The van der Waals surface area contributed by atoms with Gasteiger partial charge in [0.15, 0.2) is 0 Å². The zero-order chi connectivity index (χ0) is 19.8. The van der Waals surface area contributed by atoms with Crippen molar-refractivity contribution < 1.29 is 14.4 Å². The topological polar surface area (TPSA) is 99.3 Å². The fourth-order valence-electron chi connectivity index (χ4n) is 2.43. The quantitative estimate of drug-likeness (QED) is 0.631. The van der Waals surface area contributed by atoms with Crippen LogP contribution in [-0.4, -0.2) is 30.9 Å². The van der Waals surface area contributed by atoms with Gasteiger partial charge in [-0.25, -0.2) is 4.79 Å². The Hall–Kier alpha value is -3.35. The van der Waals surface area contributed by atoms with Crippen molar-refractivity contribution in [2.75, 3.05) is 17.7 Å². The van der Waals surface area contributed by atoms with Gasteiger partial charge in [-0.3, -0.25) is 9.59 Å². The minimum absolute atomic E-state index is 0.114. The Bertz CT molecular complexity index is 789. The van der Waals surface area contributed by atoms with E-state index in [0.29, 0.717) is 16.9 Å². The highest BCUT2D eigenvalue weighted by molar-refractivity contribution is 6.00. The SMILES string of the molecule is CNC(=O)c1ccc(NC(=O)C(NC(=O)Nc2ccccc2)C(C)C)cc1. The van der Waals surface area contributed by atoms with Crippen LogP contribution in [0, 0.1) is 5.92 Å². The van der Waals surface area contributed by atoms with Gasteiger partial charge in [-0.15, -0.1) is 0 Å². The number of carbonyl (C=O) groups excluding carboxylic acids is 3. The van der Waals surface area contributed by atoms with Crippen LogP contribution in [0.1, 0.15) is 24.2 Å². The molecule has 2 rings (SSSR count). The van der Waals surface area contributed by atoms with Crippen LogP contribution in [0.25, 0.3) is 0 Å². The smallest absolute Gasteiger partial charge is 0.319 e. The van der Waals surface area contributed by atoms with Gasteiger partial charge in [0.2, 0.25) is 5.91 Å². The van der Waals surface area contributed by atoms with E-state index in [9.17, 15) is 14.4 Å². The Morgan fingerprint density at radius 3 is 1.96 bits per heavy atom. The van der Waals surface area contributed by atoms with E-state index < -0.39 is 12.1 Å². The predicted molar refractivity (Wildman–Crippen MR) is 106 cm³/mol. The second kappa shape index (κ2) is 9.38. The zero-order valence-electron chi connectivity index (χ0n) is 15.6. The number of carbonyl (C=O) groups is 3. The van der Waals surface area contributed by atoms with Gasteiger partial charge < -0.3 is 21.3 Å². The lowest BCUT2D eigenvalue weighted by Gasteiger charge is -2.22. The van der Waals surface area contributed by atoms with E-state index in [2.05, 4.69) is 21.3 Å². The second-order valence-electron chi connectivity index (χ2n) is 6.33. The molecule has 7 nitrogen and oxygen atoms in total. The molecule has 0 aliphatic rings. The Morgan fingerprint density at radius 1 is 0.815 bits per heavy atom. The van der Waals surface area contributed by atoms with Gasteiger partial charge in [0.05, 0.1) is 0 Å². The lowest BCUT2D eigenvalue weighted by molar-refractivity contribution is -0.118. The first-order valence-corrected chi connectivity index (χ1v) is 8.66. The van der Waals surface area contributed by atoms with E-state index in [1.165, 1.54) is 0 Å². The molecule has 0 aliphatic heterocycles. The Morgan fingerprint density at radius 2 is 1.41 bits per heavy atom. The minimum Gasteiger partial charge on any atom is -0.355 e. The van der Waals surface area contributed by atoms with Crippen molar-refractivity contribution >= 4 is 29.2 Å². The molecule has 142 valence electrons. The number of benzene rings is 2. The van der Waals surface area contributed by atoms with Gasteiger partial charge >= 0.3 is 6.03 Å². The zero-order valence-corrected chi connectivity index (χ0v) is 15.6. The summed E-state index contributed by atoms with van der Waals surface area (Å²) in [7, 11) is 1.55. The highest BCUT2D eigenvalue weighted by Gasteiger charge is 2.24. The number of urea groups is 1. The van der Waals surface area contributed by atoms with E-state index in [4.69, 9.17) is 0 Å². The number of para-hydroxylation sites is 1. The van der Waals surface area contributed by atoms with Crippen LogP contribution in [0.4, 0.5) is 16.2 Å². The molecule has 2 aromatic carbocycles. The third kappa shape index (κ3) is 5.85. The Kier molecular flexibility index (Phi) is 6.93. The van der Waals surface area contributed by atoms with E-state index in [0.717, 1.165) is 0 Å². The lowest BCUT2D eigenvalue weighted by atomic mass is 10.0. The van der Waals surface area contributed by atoms with Crippen LogP contribution < -0.4 is 21.3 Å². The molecular formula is C20H24N4O3. The molecule has 1 atom stereocenters. The van der Waals surface area contributed by atoms with Crippen LogP contribution in [0.5, 0.6) is 0 Å². The molecule has 0 heterocycles. The molecule has 0 aromatic heterocycles. The third-order valence-electron chi connectivity index (χ3n) is 3.91. The molecule has 27 heavy (non-hydrogen) atoms. The van der Waals surface area contributed by atoms with Crippen molar-refractivity contribution in [3.63, 3.8) is 0 Å². The number of nitrogens with one attached hydrogen (secondary N) is 4. The summed E-state index contributed by atoms with van der Waals surface area (Å²) in [5.74, 6) is -0.648. The molecule has 2 aromatic rings. The van der Waals surface area contributed by atoms with Gasteiger partial charge in [0.1, 0.15) is 6.04 Å². The van der Waals surface area contributed by atoms with Gasteiger partial charge in [-0.05, 0) is 42.3 Å². The molecule has 0 spiro atoms. The van der Waals surface area contributed by atoms with Crippen molar-refractivity contribution in [1.82, 2.24) is 10.6 Å². The molecule has 0 saturated heterocycles. The summed E-state index contributed by atoms with van der Waals surface area (Å²) in [6, 6.07) is 14.3. The summed E-state index contributed by atoms with van der Waals surface area (Å²) < 4.78 is 0. The van der Waals surface area contributed by atoms with E-state index in [1.54, 1.807) is 43.4 Å². The average Bonchev–Trinajstić information content (AvgIpc) is 2.66. The van der Waals surface area contributed by atoms with Gasteiger partial charge in [0.25, 0.3) is 5.91 Å².